The number of thioether (sulfide) groups is 1. The molecule has 2 aliphatic rings. The maximum absolute atomic E-state index is 12.2. The van der Waals surface area contributed by atoms with Gasteiger partial charge in [-0.2, -0.15) is 0 Å². The third kappa shape index (κ3) is 3.38. The van der Waals surface area contributed by atoms with Crippen molar-refractivity contribution < 1.29 is 14.7 Å². The van der Waals surface area contributed by atoms with Gasteiger partial charge in [-0.15, -0.1) is 11.8 Å². The van der Waals surface area contributed by atoms with Crippen LogP contribution in [0.3, 0.4) is 0 Å². The van der Waals surface area contributed by atoms with Gasteiger partial charge in [-0.3, -0.25) is 4.90 Å². The summed E-state index contributed by atoms with van der Waals surface area (Å²) in [5.41, 5.74) is 0. The average Bonchev–Trinajstić information content (AvgIpc) is 2.79. The van der Waals surface area contributed by atoms with Crippen LogP contribution in [0.1, 0.15) is 26.2 Å². The number of nitrogens with one attached hydrogen (secondary N) is 1. The molecule has 0 spiro atoms. The summed E-state index contributed by atoms with van der Waals surface area (Å²) in [6.07, 6.45) is 3.49. The lowest BCUT2D eigenvalue weighted by Gasteiger charge is -2.33. The lowest BCUT2D eigenvalue weighted by atomic mass is 10.0. The number of carboxylic acids is 1. The number of aliphatic carboxylic acids is 1. The monoisotopic (exact) mass is 301 g/mol. The summed E-state index contributed by atoms with van der Waals surface area (Å²) in [5, 5.41) is 12.0. The van der Waals surface area contributed by atoms with Crippen LogP contribution in [0.4, 0.5) is 4.79 Å². The number of carbonyl (C=O) groups excluding carboxylic acids is 1. The summed E-state index contributed by atoms with van der Waals surface area (Å²) in [6.45, 7) is 3.53. The van der Waals surface area contributed by atoms with Crippen LogP contribution in [-0.2, 0) is 4.79 Å². The van der Waals surface area contributed by atoms with E-state index in [1.807, 2.05) is 6.92 Å². The Bertz CT molecular complexity index is 380. The Kier molecular flexibility index (Phi) is 5.15. The SMILES string of the molecule is CC1SCC(C(=O)O)N1C(=O)NCC1CCCCN1C. The lowest BCUT2D eigenvalue weighted by molar-refractivity contribution is -0.141. The van der Waals surface area contributed by atoms with E-state index < -0.39 is 12.0 Å². The Hall–Kier alpha value is -0.950. The molecule has 2 rings (SSSR count). The molecule has 3 atom stereocenters. The maximum Gasteiger partial charge on any atom is 0.327 e. The van der Waals surface area contributed by atoms with Crippen molar-refractivity contribution in [1.82, 2.24) is 15.1 Å². The van der Waals surface area contributed by atoms with Gasteiger partial charge in [-0.1, -0.05) is 6.42 Å². The highest BCUT2D eigenvalue weighted by Crippen LogP contribution is 2.28. The molecule has 0 aromatic carbocycles. The smallest absolute Gasteiger partial charge is 0.327 e. The van der Waals surface area contributed by atoms with Gasteiger partial charge in [-0.05, 0) is 33.4 Å². The second-order valence-electron chi connectivity index (χ2n) is 5.51. The normalized spacial score (nSPS) is 31.3. The minimum Gasteiger partial charge on any atom is -0.480 e. The molecule has 0 aliphatic carbocycles. The van der Waals surface area contributed by atoms with Crippen LogP contribution in [0.2, 0.25) is 0 Å². The zero-order valence-corrected chi connectivity index (χ0v) is 12.9. The Morgan fingerprint density at radius 1 is 1.40 bits per heavy atom. The van der Waals surface area contributed by atoms with Crippen LogP contribution in [0.25, 0.3) is 0 Å². The second-order valence-corrected chi connectivity index (χ2v) is 6.86. The summed E-state index contributed by atoms with van der Waals surface area (Å²) in [5.74, 6) is -0.459. The molecule has 7 heteroatoms. The molecule has 2 amide bonds. The Labute approximate surface area is 123 Å². The second kappa shape index (κ2) is 6.67. The molecule has 2 saturated heterocycles. The van der Waals surface area contributed by atoms with Gasteiger partial charge in [0.1, 0.15) is 6.04 Å². The zero-order chi connectivity index (χ0) is 14.7. The predicted octanol–water partition coefficient (Wildman–Crippen LogP) is 1.03. The van der Waals surface area contributed by atoms with Crippen LogP contribution >= 0.6 is 11.8 Å². The van der Waals surface area contributed by atoms with Crippen molar-refractivity contribution in [3.8, 4) is 0 Å². The van der Waals surface area contributed by atoms with Gasteiger partial charge in [-0.25, -0.2) is 9.59 Å². The summed E-state index contributed by atoms with van der Waals surface area (Å²) in [4.78, 5) is 27.1. The van der Waals surface area contributed by atoms with Crippen LogP contribution in [0, 0.1) is 0 Å². The van der Waals surface area contributed by atoms with Crippen LogP contribution in [0.5, 0.6) is 0 Å². The third-order valence-corrected chi connectivity index (χ3v) is 5.37. The number of nitrogens with zero attached hydrogens (tertiary/aromatic N) is 2. The van der Waals surface area contributed by atoms with E-state index in [0.717, 1.165) is 13.0 Å². The van der Waals surface area contributed by atoms with Crippen molar-refractivity contribution in [1.29, 1.82) is 0 Å². The van der Waals surface area contributed by atoms with E-state index in [9.17, 15) is 9.59 Å². The zero-order valence-electron chi connectivity index (χ0n) is 12.0. The number of likely N-dealkylation sites (N-methyl/N-ethyl adjacent to an activating group) is 1. The highest BCUT2D eigenvalue weighted by molar-refractivity contribution is 8.00. The Balaban J connectivity index is 1.88. The van der Waals surface area contributed by atoms with Crippen molar-refractivity contribution in [2.24, 2.45) is 0 Å². The quantitative estimate of drug-likeness (QED) is 0.814. The van der Waals surface area contributed by atoms with Crippen molar-refractivity contribution in [2.45, 2.75) is 43.6 Å². The minimum atomic E-state index is -0.924. The number of carbonyl (C=O) groups is 2. The number of piperidine rings is 1. The van der Waals surface area contributed by atoms with E-state index >= 15 is 0 Å². The summed E-state index contributed by atoms with van der Waals surface area (Å²) < 4.78 is 0. The number of urea groups is 1. The van der Waals surface area contributed by atoms with Gasteiger partial charge in [0.15, 0.2) is 0 Å². The van der Waals surface area contributed by atoms with E-state index in [-0.39, 0.29) is 11.4 Å². The van der Waals surface area contributed by atoms with E-state index in [0.29, 0.717) is 18.3 Å². The Morgan fingerprint density at radius 2 is 2.15 bits per heavy atom. The first-order chi connectivity index (χ1) is 9.50. The highest BCUT2D eigenvalue weighted by Gasteiger charge is 2.39. The average molecular weight is 301 g/mol. The number of rotatable bonds is 3. The molecule has 2 fully saturated rings. The first-order valence-corrected chi connectivity index (χ1v) is 8.16. The van der Waals surface area contributed by atoms with Crippen LogP contribution in [0.15, 0.2) is 0 Å². The number of hydrogen-bond donors (Lipinski definition) is 2. The number of likely N-dealkylation sites (tertiary alicyclic amines) is 1. The van der Waals surface area contributed by atoms with Gasteiger partial charge in [0.05, 0.1) is 5.37 Å². The highest BCUT2D eigenvalue weighted by atomic mass is 32.2. The number of carboxylic acid groups (broad SMARTS) is 1. The molecule has 114 valence electrons. The molecule has 2 heterocycles. The molecule has 0 aromatic heterocycles. The molecule has 6 nitrogen and oxygen atoms in total. The molecule has 0 aromatic rings. The fraction of sp³-hybridized carbons (Fsp3) is 0.846. The third-order valence-electron chi connectivity index (χ3n) is 4.15. The molecular formula is C13H23N3O3S. The molecule has 2 N–H and O–H groups in total. The van der Waals surface area contributed by atoms with Crippen molar-refractivity contribution in [2.75, 3.05) is 25.9 Å². The van der Waals surface area contributed by atoms with E-state index in [1.165, 1.54) is 29.5 Å². The topological polar surface area (TPSA) is 72.9 Å². The summed E-state index contributed by atoms with van der Waals surface area (Å²) >= 11 is 1.51. The Morgan fingerprint density at radius 3 is 2.80 bits per heavy atom. The van der Waals surface area contributed by atoms with Gasteiger partial charge in [0.25, 0.3) is 0 Å². The summed E-state index contributed by atoms with van der Waals surface area (Å²) in [6, 6.07) is -0.602. The van der Waals surface area contributed by atoms with E-state index in [2.05, 4.69) is 17.3 Å². The molecular weight excluding hydrogens is 278 g/mol. The molecule has 20 heavy (non-hydrogen) atoms. The summed E-state index contributed by atoms with van der Waals surface area (Å²) in [7, 11) is 2.07. The standard InChI is InChI=1S/C13H23N3O3S/c1-9-16(11(8-20-9)12(17)18)13(19)14-7-10-5-3-4-6-15(10)2/h9-11H,3-8H2,1-2H3,(H,14,19)(H,17,18). The largest absolute Gasteiger partial charge is 0.480 e. The minimum absolute atomic E-state index is 0.0832. The number of amides is 2. The van der Waals surface area contributed by atoms with Crippen LogP contribution in [-0.4, -0.2) is 70.3 Å². The first-order valence-electron chi connectivity index (χ1n) is 7.11. The molecule has 0 bridgehead atoms. The van der Waals surface area contributed by atoms with Gasteiger partial charge >= 0.3 is 12.0 Å². The molecule has 3 unspecified atom stereocenters. The fourth-order valence-corrected chi connectivity index (χ4v) is 4.01. The lowest BCUT2D eigenvalue weighted by Crippen LogP contribution is -2.52. The van der Waals surface area contributed by atoms with E-state index in [4.69, 9.17) is 5.11 Å². The van der Waals surface area contributed by atoms with Crippen LogP contribution < -0.4 is 5.32 Å². The fourth-order valence-electron chi connectivity index (χ4n) is 2.84. The van der Waals surface area contributed by atoms with Gasteiger partial charge in [0, 0.05) is 18.3 Å². The maximum atomic E-state index is 12.2. The van der Waals surface area contributed by atoms with Crippen molar-refractivity contribution in [3.05, 3.63) is 0 Å². The predicted molar refractivity (Wildman–Crippen MR) is 78.9 cm³/mol. The van der Waals surface area contributed by atoms with Crippen molar-refractivity contribution >= 4 is 23.8 Å². The van der Waals surface area contributed by atoms with Gasteiger partial charge < -0.3 is 15.3 Å². The first kappa shape index (κ1) is 15.4. The van der Waals surface area contributed by atoms with Gasteiger partial charge in [0.2, 0.25) is 0 Å². The van der Waals surface area contributed by atoms with Crippen molar-refractivity contribution in [3.63, 3.8) is 0 Å². The molecule has 2 aliphatic heterocycles. The number of hydrogen-bond acceptors (Lipinski definition) is 4. The van der Waals surface area contributed by atoms with E-state index in [1.54, 1.807) is 0 Å². The molecule has 0 radical (unpaired) electrons. The molecule has 0 saturated carbocycles.